The second kappa shape index (κ2) is 9.67. The van der Waals surface area contributed by atoms with Crippen LogP contribution < -0.4 is 9.47 Å². The minimum atomic E-state index is -1.22. The quantitative estimate of drug-likeness (QED) is 0.473. The van der Waals surface area contributed by atoms with Gasteiger partial charge in [-0.15, -0.1) is 0 Å². The first-order chi connectivity index (χ1) is 13.5. The fourth-order valence-electron chi connectivity index (χ4n) is 2.24. The minimum Gasteiger partial charge on any atom is -0.489 e. The fourth-order valence-corrected chi connectivity index (χ4v) is 2.24. The van der Waals surface area contributed by atoms with Gasteiger partial charge in [0.2, 0.25) is 0 Å². The zero-order chi connectivity index (χ0) is 20.5. The second-order valence-corrected chi connectivity index (χ2v) is 5.45. The third kappa shape index (κ3) is 5.28. The van der Waals surface area contributed by atoms with Gasteiger partial charge in [0, 0.05) is 11.1 Å². The van der Waals surface area contributed by atoms with E-state index in [0.717, 1.165) is 0 Å². The van der Waals surface area contributed by atoms with E-state index in [0.29, 0.717) is 12.6 Å². The maximum atomic E-state index is 11.2. The van der Waals surface area contributed by atoms with Crippen molar-refractivity contribution < 1.29 is 38.9 Å². The average Bonchev–Trinajstić information content (AvgIpc) is 2.70. The van der Waals surface area contributed by atoms with Crippen LogP contribution >= 0.6 is 0 Å². The topological polar surface area (TPSA) is 127 Å². The Balaban J connectivity index is 1.94. The molecule has 0 atom stereocenters. The van der Waals surface area contributed by atoms with Crippen molar-refractivity contribution in [2.24, 2.45) is 0 Å². The number of benzene rings is 2. The standard InChI is InChI=1S/C20H16O8/c21-11-13-3-5-17(15(9-13)19(23)24)27-7-1-2-8-28-18-6-4-14(12-22)10-16(18)20(25)26/h1-6,9-12H,7-8H2,(H,23,24)(H,25,26). The number of carboxylic acids is 2. The lowest BCUT2D eigenvalue weighted by molar-refractivity contribution is 0.0681. The summed E-state index contributed by atoms with van der Waals surface area (Å²) in [5.74, 6) is -2.21. The van der Waals surface area contributed by atoms with Gasteiger partial charge >= 0.3 is 11.9 Å². The molecule has 144 valence electrons. The molecule has 2 N–H and O–H groups in total. The molecule has 0 spiro atoms. The molecule has 2 aromatic carbocycles. The van der Waals surface area contributed by atoms with Crippen LogP contribution in [-0.4, -0.2) is 47.9 Å². The maximum Gasteiger partial charge on any atom is 0.339 e. The van der Waals surface area contributed by atoms with E-state index in [4.69, 9.17) is 19.7 Å². The fraction of sp³-hybridized carbons (Fsp3) is 0.100. The molecule has 28 heavy (non-hydrogen) atoms. The Morgan fingerprint density at radius 2 is 1.14 bits per heavy atom. The Labute approximate surface area is 159 Å². The lowest BCUT2D eigenvalue weighted by Crippen LogP contribution is -2.05. The smallest absolute Gasteiger partial charge is 0.339 e. The van der Waals surface area contributed by atoms with Crippen molar-refractivity contribution in [1.29, 1.82) is 0 Å². The molecule has 0 aliphatic heterocycles. The van der Waals surface area contributed by atoms with Gasteiger partial charge in [-0.05, 0) is 48.6 Å². The predicted molar refractivity (Wildman–Crippen MR) is 97.7 cm³/mol. The first-order valence-corrected chi connectivity index (χ1v) is 8.02. The Morgan fingerprint density at radius 3 is 1.46 bits per heavy atom. The summed E-state index contributed by atoms with van der Waals surface area (Å²) in [6.45, 7) is 0.0832. The number of aldehydes is 2. The van der Waals surface area contributed by atoms with Gasteiger partial charge in [-0.25, -0.2) is 9.59 Å². The summed E-state index contributed by atoms with van der Waals surface area (Å²) in [4.78, 5) is 43.9. The lowest BCUT2D eigenvalue weighted by atomic mass is 10.1. The van der Waals surface area contributed by atoms with E-state index >= 15 is 0 Å². The largest absolute Gasteiger partial charge is 0.489 e. The summed E-state index contributed by atoms with van der Waals surface area (Å²) >= 11 is 0. The van der Waals surface area contributed by atoms with Crippen LogP contribution in [0.3, 0.4) is 0 Å². The Morgan fingerprint density at radius 1 is 0.750 bits per heavy atom. The minimum absolute atomic E-state index is 0.0416. The van der Waals surface area contributed by atoms with E-state index in [1.807, 2.05) is 0 Å². The van der Waals surface area contributed by atoms with E-state index in [1.165, 1.54) is 36.4 Å². The first kappa shape index (κ1) is 20.4. The third-order valence-electron chi connectivity index (χ3n) is 3.58. The van der Waals surface area contributed by atoms with Crippen LogP contribution in [0.5, 0.6) is 11.5 Å². The summed E-state index contributed by atoms with van der Waals surface area (Å²) in [7, 11) is 0. The number of carboxylic acid groups (broad SMARTS) is 2. The number of carbonyl (C=O) groups is 4. The molecule has 0 aliphatic rings. The van der Waals surface area contributed by atoms with Gasteiger partial charge in [-0.3, -0.25) is 9.59 Å². The second-order valence-electron chi connectivity index (χ2n) is 5.45. The van der Waals surface area contributed by atoms with Crippen molar-refractivity contribution in [2.45, 2.75) is 0 Å². The van der Waals surface area contributed by atoms with Crippen molar-refractivity contribution in [3.63, 3.8) is 0 Å². The average molecular weight is 384 g/mol. The van der Waals surface area contributed by atoms with Crippen LogP contribution in [0.4, 0.5) is 0 Å². The van der Waals surface area contributed by atoms with Crippen molar-refractivity contribution in [2.75, 3.05) is 13.2 Å². The van der Waals surface area contributed by atoms with E-state index in [2.05, 4.69) is 0 Å². The molecule has 2 rings (SSSR count). The molecule has 8 nitrogen and oxygen atoms in total. The summed E-state index contributed by atoms with van der Waals surface area (Å²) in [5, 5.41) is 18.3. The van der Waals surface area contributed by atoms with Gasteiger partial charge in [0.1, 0.15) is 48.4 Å². The van der Waals surface area contributed by atoms with Gasteiger partial charge in [0.15, 0.2) is 0 Å². The molecule has 0 aromatic heterocycles. The highest BCUT2D eigenvalue weighted by Crippen LogP contribution is 2.21. The zero-order valence-corrected chi connectivity index (χ0v) is 14.5. The highest BCUT2D eigenvalue weighted by molar-refractivity contribution is 5.93. The molecule has 0 radical (unpaired) electrons. The summed E-state index contributed by atoms with van der Waals surface area (Å²) in [6.07, 6.45) is 4.22. The van der Waals surface area contributed by atoms with Gasteiger partial charge in [-0.2, -0.15) is 0 Å². The van der Waals surface area contributed by atoms with Gasteiger partial charge in [0.05, 0.1) is 0 Å². The normalized spacial score (nSPS) is 10.4. The van der Waals surface area contributed by atoms with Crippen LogP contribution in [-0.2, 0) is 0 Å². The number of hydrogen-bond acceptors (Lipinski definition) is 6. The number of rotatable bonds is 10. The first-order valence-electron chi connectivity index (χ1n) is 8.02. The van der Waals surface area contributed by atoms with Crippen LogP contribution in [0.1, 0.15) is 41.4 Å². The third-order valence-corrected chi connectivity index (χ3v) is 3.58. The molecule has 8 heteroatoms. The van der Waals surface area contributed by atoms with Crippen LogP contribution in [0, 0.1) is 0 Å². The summed E-state index contributed by atoms with van der Waals surface area (Å²) in [5.41, 5.74) is 0.193. The van der Waals surface area contributed by atoms with E-state index in [1.54, 1.807) is 12.2 Å². The maximum absolute atomic E-state index is 11.2. The van der Waals surface area contributed by atoms with Crippen molar-refractivity contribution in [3.8, 4) is 11.5 Å². The number of carbonyl (C=O) groups excluding carboxylic acids is 2. The molecule has 0 fully saturated rings. The molecule has 0 heterocycles. The Kier molecular flexibility index (Phi) is 7.04. The lowest BCUT2D eigenvalue weighted by Gasteiger charge is -2.08. The van der Waals surface area contributed by atoms with Gasteiger partial charge < -0.3 is 19.7 Å². The van der Waals surface area contributed by atoms with Crippen molar-refractivity contribution in [1.82, 2.24) is 0 Å². The highest BCUT2D eigenvalue weighted by atomic mass is 16.5. The summed E-state index contributed by atoms with van der Waals surface area (Å²) in [6, 6.07) is 8.11. The molecular weight excluding hydrogens is 368 g/mol. The van der Waals surface area contributed by atoms with Crippen molar-refractivity contribution >= 4 is 24.5 Å². The zero-order valence-electron chi connectivity index (χ0n) is 14.5. The molecule has 0 saturated carbocycles. The molecule has 2 aromatic rings. The Bertz CT molecular complexity index is 854. The van der Waals surface area contributed by atoms with E-state index < -0.39 is 11.9 Å². The number of aromatic carboxylic acids is 2. The van der Waals surface area contributed by atoms with Crippen LogP contribution in [0.25, 0.3) is 0 Å². The molecular formula is C20H16O8. The number of hydrogen-bond donors (Lipinski definition) is 2. The monoisotopic (exact) mass is 384 g/mol. The highest BCUT2D eigenvalue weighted by Gasteiger charge is 2.13. The SMILES string of the molecule is O=Cc1ccc(OCC=CCOc2ccc(C=O)cc2C(=O)O)c(C(=O)O)c1. The van der Waals surface area contributed by atoms with Crippen LogP contribution in [0.15, 0.2) is 48.6 Å². The Hall–Kier alpha value is -3.94. The number of ether oxygens (including phenoxy) is 2. The molecule has 0 unspecified atom stereocenters. The van der Waals surface area contributed by atoms with E-state index in [-0.39, 0.29) is 47.0 Å². The van der Waals surface area contributed by atoms with E-state index in [9.17, 15) is 19.2 Å². The van der Waals surface area contributed by atoms with Crippen molar-refractivity contribution in [3.05, 3.63) is 70.8 Å². The molecule has 0 amide bonds. The van der Waals surface area contributed by atoms with Crippen LogP contribution in [0.2, 0.25) is 0 Å². The van der Waals surface area contributed by atoms with Gasteiger partial charge in [0.25, 0.3) is 0 Å². The molecule has 0 aliphatic carbocycles. The molecule has 0 saturated heterocycles. The summed E-state index contributed by atoms with van der Waals surface area (Å²) < 4.78 is 10.7. The molecule has 0 bridgehead atoms. The van der Waals surface area contributed by atoms with Gasteiger partial charge in [-0.1, -0.05) is 0 Å². The predicted octanol–water partition coefficient (Wildman–Crippen LogP) is 2.72.